The quantitative estimate of drug-likeness (QED) is 0.433. The molecule has 0 radical (unpaired) electrons. The van der Waals surface area contributed by atoms with Gasteiger partial charge in [0.05, 0.1) is 0 Å². The number of carbonyl (C=O) groups excluding carboxylic acids is 2. The van der Waals surface area contributed by atoms with Crippen molar-refractivity contribution in [3.63, 3.8) is 0 Å². The van der Waals surface area contributed by atoms with Crippen LogP contribution in [-0.4, -0.2) is 16.8 Å². The maximum absolute atomic E-state index is 12.6. The molecule has 0 aliphatic heterocycles. The van der Waals surface area contributed by atoms with E-state index in [2.05, 4.69) is 30.1 Å². The van der Waals surface area contributed by atoms with Crippen LogP contribution >= 0.6 is 0 Å². The first-order valence-electron chi connectivity index (χ1n) is 9.72. The molecule has 2 aromatic rings. The van der Waals surface area contributed by atoms with Crippen molar-refractivity contribution >= 4 is 20.6 Å². The molecular formula is C25H22O4Ti. The van der Waals surface area contributed by atoms with E-state index >= 15 is 0 Å². The molecule has 150 valence electrons. The number of rotatable bonds is 6. The fraction of sp³-hybridized carbons (Fsp3) is 0.0800. The SMILES string of the molecule is C=CC(=O)[O][Ti](=[CH2])([O]C(=O)C=C)([C]1=CC=CC1)[c]1cccc2c1Cc1ccccc1-2. The molecule has 0 saturated carbocycles. The molecule has 0 spiro atoms. The van der Waals surface area contributed by atoms with Gasteiger partial charge in [-0.25, -0.2) is 0 Å². The summed E-state index contributed by atoms with van der Waals surface area (Å²) in [4.78, 5) is 29.6. The van der Waals surface area contributed by atoms with Crippen molar-refractivity contribution < 1.29 is 31.8 Å². The third-order valence-corrected chi connectivity index (χ3v) is 12.8. The van der Waals surface area contributed by atoms with E-state index in [-0.39, 0.29) is 0 Å². The zero-order chi connectivity index (χ0) is 21.4. The Balaban J connectivity index is 2.04. The zero-order valence-electron chi connectivity index (χ0n) is 16.6. The van der Waals surface area contributed by atoms with Crippen LogP contribution in [0.4, 0.5) is 0 Å². The number of hydrogen-bond donors (Lipinski definition) is 0. The molecule has 0 unspecified atom stereocenters. The van der Waals surface area contributed by atoms with E-state index in [1.165, 1.54) is 5.56 Å². The molecule has 0 heterocycles. The predicted molar refractivity (Wildman–Crippen MR) is 116 cm³/mol. The average molecular weight is 434 g/mol. The molecule has 2 aromatic carbocycles. The fourth-order valence-corrected chi connectivity index (χ4v) is 10.8. The van der Waals surface area contributed by atoms with Crippen molar-refractivity contribution in [2.45, 2.75) is 12.8 Å². The van der Waals surface area contributed by atoms with Gasteiger partial charge in [-0.2, -0.15) is 0 Å². The van der Waals surface area contributed by atoms with Gasteiger partial charge in [0.25, 0.3) is 0 Å². The van der Waals surface area contributed by atoms with Gasteiger partial charge in [-0.15, -0.1) is 0 Å². The summed E-state index contributed by atoms with van der Waals surface area (Å²) in [6.45, 7) is 7.07. The van der Waals surface area contributed by atoms with Gasteiger partial charge in [0.15, 0.2) is 0 Å². The van der Waals surface area contributed by atoms with E-state index in [0.717, 1.165) is 32.7 Å². The molecule has 4 nitrogen and oxygen atoms in total. The number of allylic oxidation sites excluding steroid dienone is 4. The summed E-state index contributed by atoms with van der Waals surface area (Å²) in [6.07, 6.45) is 8.95. The Morgan fingerprint density at radius 1 is 0.933 bits per heavy atom. The van der Waals surface area contributed by atoms with Crippen LogP contribution in [0.25, 0.3) is 11.1 Å². The number of hydrogen-bond acceptors (Lipinski definition) is 4. The van der Waals surface area contributed by atoms with Gasteiger partial charge in [0.2, 0.25) is 0 Å². The molecule has 30 heavy (non-hydrogen) atoms. The summed E-state index contributed by atoms with van der Waals surface area (Å²) in [5.41, 5.74) is 4.31. The van der Waals surface area contributed by atoms with Crippen LogP contribution in [0, 0.1) is 0 Å². The first-order chi connectivity index (χ1) is 14.4. The van der Waals surface area contributed by atoms with E-state index < -0.39 is 27.6 Å². The van der Waals surface area contributed by atoms with E-state index in [1.807, 2.05) is 48.6 Å². The molecule has 0 bridgehead atoms. The Bertz CT molecular complexity index is 1200. The van der Waals surface area contributed by atoms with Crippen molar-refractivity contribution in [1.29, 1.82) is 0 Å². The Morgan fingerprint density at radius 2 is 1.60 bits per heavy atom. The van der Waals surface area contributed by atoms with Gasteiger partial charge in [-0.3, -0.25) is 0 Å². The number of fused-ring (bicyclic) bond motifs is 3. The van der Waals surface area contributed by atoms with Crippen molar-refractivity contribution in [3.8, 4) is 11.1 Å². The van der Waals surface area contributed by atoms with Gasteiger partial charge in [0.1, 0.15) is 0 Å². The molecule has 0 saturated heterocycles. The third-order valence-electron chi connectivity index (χ3n) is 5.78. The van der Waals surface area contributed by atoms with Crippen LogP contribution in [0.15, 0.2) is 89.9 Å². The first-order valence-corrected chi connectivity index (χ1v) is 13.7. The second kappa shape index (κ2) is 7.31. The van der Waals surface area contributed by atoms with Crippen LogP contribution in [0.5, 0.6) is 0 Å². The standard InChI is InChI=1S/C13H9.C5H5.2C3H4O2.CH2.Ti/c1-3-7-12-10(5-1)9-11-6-2-4-8-13(11)12;1-2-4-5-3-1;2*1-2-3(4)5;;/h1-5,7-8H,9H2;1-3H,4H2;2*2H,1H2,(H,4,5);1H2;/q;;;;;+2/p-2. The van der Waals surface area contributed by atoms with Crippen molar-refractivity contribution in [3.05, 3.63) is 101 Å². The summed E-state index contributed by atoms with van der Waals surface area (Å²) in [5.74, 6) is -1.33. The van der Waals surface area contributed by atoms with E-state index in [4.69, 9.17) is 6.64 Å². The molecule has 5 heteroatoms. The average Bonchev–Trinajstić information content (AvgIpc) is 3.42. The van der Waals surface area contributed by atoms with Crippen LogP contribution in [0.1, 0.15) is 17.5 Å². The third kappa shape index (κ3) is 3.00. The minimum atomic E-state index is -5.33. The van der Waals surface area contributed by atoms with E-state index in [9.17, 15) is 9.59 Å². The van der Waals surface area contributed by atoms with Crippen LogP contribution in [-0.2, 0) is 38.3 Å². The van der Waals surface area contributed by atoms with Gasteiger partial charge < -0.3 is 0 Å². The Kier molecular flexibility index (Phi) is 4.93. The zero-order valence-corrected chi connectivity index (χ0v) is 18.2. The predicted octanol–water partition coefficient (Wildman–Crippen LogP) is 4.14. The molecule has 0 aromatic heterocycles. The summed E-state index contributed by atoms with van der Waals surface area (Å²) >= 11 is -5.33. The van der Waals surface area contributed by atoms with Crippen LogP contribution in [0.3, 0.4) is 0 Å². The van der Waals surface area contributed by atoms with Crippen LogP contribution in [0.2, 0.25) is 0 Å². The molecule has 2 aliphatic carbocycles. The minimum absolute atomic E-state index is 0.492. The number of carbonyl (C=O) groups is 2. The van der Waals surface area contributed by atoms with Crippen molar-refractivity contribution in [2.75, 3.05) is 0 Å². The Morgan fingerprint density at radius 3 is 2.23 bits per heavy atom. The van der Waals surface area contributed by atoms with Gasteiger partial charge in [-0.1, -0.05) is 0 Å². The normalized spacial score (nSPS) is 14.4. The molecular weight excluding hydrogens is 412 g/mol. The van der Waals surface area contributed by atoms with Gasteiger partial charge in [0, 0.05) is 0 Å². The monoisotopic (exact) mass is 434 g/mol. The molecule has 4 rings (SSSR count). The van der Waals surface area contributed by atoms with Crippen molar-refractivity contribution in [1.82, 2.24) is 0 Å². The van der Waals surface area contributed by atoms with E-state index in [0.29, 0.717) is 16.7 Å². The maximum atomic E-state index is 12.6. The fourth-order valence-electron chi connectivity index (χ4n) is 4.40. The molecule has 2 aliphatic rings. The van der Waals surface area contributed by atoms with Crippen LogP contribution < -0.4 is 3.87 Å². The molecule has 0 atom stereocenters. The summed E-state index contributed by atoms with van der Waals surface area (Å²) in [7, 11) is 0. The molecule has 0 N–H and O–H groups in total. The topological polar surface area (TPSA) is 52.6 Å². The summed E-state index contributed by atoms with van der Waals surface area (Å²) in [5, 5.41) is 0. The molecule has 0 fully saturated rings. The summed E-state index contributed by atoms with van der Waals surface area (Å²) < 4.78 is 13.6. The molecule has 0 amide bonds. The Labute approximate surface area is 177 Å². The number of benzene rings is 2. The van der Waals surface area contributed by atoms with Crippen molar-refractivity contribution in [2.24, 2.45) is 0 Å². The first kappa shape index (κ1) is 20.2. The van der Waals surface area contributed by atoms with Gasteiger partial charge >= 0.3 is 177 Å². The second-order valence-corrected chi connectivity index (χ2v) is 13.9. The Hall–Kier alpha value is -3.08. The van der Waals surface area contributed by atoms with Gasteiger partial charge in [-0.05, 0) is 0 Å². The summed E-state index contributed by atoms with van der Waals surface area (Å²) in [6, 6.07) is 13.9. The second-order valence-electron chi connectivity index (χ2n) is 7.50. The van der Waals surface area contributed by atoms with E-state index in [1.54, 1.807) is 0 Å².